The van der Waals surface area contributed by atoms with Crippen LogP contribution in [0.1, 0.15) is 17.2 Å². The van der Waals surface area contributed by atoms with Gasteiger partial charge in [0.25, 0.3) is 10.2 Å². The lowest BCUT2D eigenvalue weighted by Crippen LogP contribution is -2.34. The van der Waals surface area contributed by atoms with Crippen LogP contribution in [0.2, 0.25) is 0 Å². The smallest absolute Gasteiger partial charge is 0.216 e. The number of hydrogen-bond donors (Lipinski definition) is 2. The summed E-state index contributed by atoms with van der Waals surface area (Å²) in [5.74, 6) is -0.436. The molecule has 0 radical (unpaired) electrons. The van der Waals surface area contributed by atoms with Gasteiger partial charge in [-0.15, -0.1) is 0 Å². The molecule has 0 heterocycles. The maximum atomic E-state index is 13.3. The molecule has 2 aromatic carbocycles. The van der Waals surface area contributed by atoms with Crippen molar-refractivity contribution in [2.75, 3.05) is 0 Å². The van der Waals surface area contributed by atoms with Crippen LogP contribution in [0, 0.1) is 5.82 Å². The molecule has 6 heteroatoms. The van der Waals surface area contributed by atoms with Crippen LogP contribution in [0.15, 0.2) is 54.6 Å². The normalized spacial score (nSPS) is 13.2. The topological polar surface area (TPSA) is 72.2 Å². The molecule has 0 aromatic heterocycles. The van der Waals surface area contributed by atoms with Crippen LogP contribution in [-0.4, -0.2) is 8.42 Å². The lowest BCUT2D eigenvalue weighted by molar-refractivity contribution is 0.572. The largest absolute Gasteiger partial charge is 0.275 e. The zero-order chi connectivity index (χ0) is 13.9. The monoisotopic (exact) mass is 280 g/mol. The molecule has 1 atom stereocenters. The third-order valence-electron chi connectivity index (χ3n) is 2.60. The Kier molecular flexibility index (Phi) is 3.94. The quantitative estimate of drug-likeness (QED) is 0.895. The first kappa shape index (κ1) is 13.7. The minimum atomic E-state index is -3.90. The van der Waals surface area contributed by atoms with Crippen LogP contribution in [0.3, 0.4) is 0 Å². The van der Waals surface area contributed by atoms with E-state index < -0.39 is 22.1 Å². The predicted octanol–water partition coefficient (Wildman–Crippen LogP) is 1.71. The molecule has 0 saturated carbocycles. The summed E-state index contributed by atoms with van der Waals surface area (Å²) in [5, 5.41) is 5.02. The van der Waals surface area contributed by atoms with Crippen LogP contribution in [0.25, 0.3) is 0 Å². The molecule has 19 heavy (non-hydrogen) atoms. The van der Waals surface area contributed by atoms with Crippen LogP contribution >= 0.6 is 0 Å². The molecule has 1 unspecified atom stereocenters. The predicted molar refractivity (Wildman–Crippen MR) is 70.9 cm³/mol. The van der Waals surface area contributed by atoms with Gasteiger partial charge < -0.3 is 0 Å². The number of nitrogens with two attached hydrogens (primary N) is 1. The van der Waals surface area contributed by atoms with E-state index in [9.17, 15) is 12.8 Å². The number of nitrogens with one attached hydrogen (secondary N) is 1. The lowest BCUT2D eigenvalue weighted by atomic mass is 10.00. The average molecular weight is 280 g/mol. The van der Waals surface area contributed by atoms with E-state index in [2.05, 4.69) is 4.72 Å². The number of hydrogen-bond acceptors (Lipinski definition) is 2. The molecule has 2 aromatic rings. The van der Waals surface area contributed by atoms with Crippen LogP contribution < -0.4 is 9.86 Å². The molecule has 0 saturated heterocycles. The maximum absolute atomic E-state index is 13.3. The molecule has 0 spiro atoms. The van der Waals surface area contributed by atoms with E-state index in [1.165, 1.54) is 18.2 Å². The summed E-state index contributed by atoms with van der Waals surface area (Å²) in [5.41, 5.74) is 1.17. The summed E-state index contributed by atoms with van der Waals surface area (Å²) in [7, 11) is -3.90. The summed E-state index contributed by atoms with van der Waals surface area (Å²) in [6, 6.07) is 13.8. The van der Waals surface area contributed by atoms with Crippen LogP contribution in [-0.2, 0) is 10.2 Å². The minimum absolute atomic E-state index is 0.436. The number of halogens is 1. The molecule has 4 nitrogen and oxygen atoms in total. The van der Waals surface area contributed by atoms with E-state index in [0.29, 0.717) is 11.1 Å². The molecule has 0 aliphatic carbocycles. The SMILES string of the molecule is NS(=O)(=O)NC(c1ccccc1)c1cccc(F)c1. The van der Waals surface area contributed by atoms with E-state index in [4.69, 9.17) is 5.14 Å². The molecule has 100 valence electrons. The third-order valence-corrected chi connectivity index (χ3v) is 3.16. The summed E-state index contributed by atoms with van der Waals surface area (Å²) in [6.45, 7) is 0. The third kappa shape index (κ3) is 3.85. The second kappa shape index (κ2) is 5.48. The molecule has 2 rings (SSSR count). The minimum Gasteiger partial charge on any atom is -0.216 e. The van der Waals surface area contributed by atoms with Gasteiger partial charge in [-0.1, -0.05) is 42.5 Å². The molecule has 0 fully saturated rings. The van der Waals surface area contributed by atoms with Crippen molar-refractivity contribution in [2.24, 2.45) is 5.14 Å². The van der Waals surface area contributed by atoms with Gasteiger partial charge in [0.2, 0.25) is 0 Å². The highest BCUT2D eigenvalue weighted by Gasteiger charge is 2.18. The number of benzene rings is 2. The molecule has 3 N–H and O–H groups in total. The highest BCUT2D eigenvalue weighted by molar-refractivity contribution is 7.87. The van der Waals surface area contributed by atoms with Crippen molar-refractivity contribution >= 4 is 10.2 Å². The molecule has 0 amide bonds. The van der Waals surface area contributed by atoms with Crippen LogP contribution in [0.4, 0.5) is 4.39 Å². The Labute approximate surface area is 111 Å². The van der Waals surface area contributed by atoms with Gasteiger partial charge in [0.15, 0.2) is 0 Å². The molecular formula is C13H13FN2O2S. The highest BCUT2D eigenvalue weighted by atomic mass is 32.2. The van der Waals surface area contributed by atoms with Gasteiger partial charge in [-0.05, 0) is 23.3 Å². The first-order valence-corrected chi connectivity index (χ1v) is 7.11. The van der Waals surface area contributed by atoms with Gasteiger partial charge in [0.05, 0.1) is 6.04 Å². The Hall–Kier alpha value is -1.76. The summed E-state index contributed by atoms with van der Waals surface area (Å²) >= 11 is 0. The Morgan fingerprint density at radius 3 is 2.21 bits per heavy atom. The Morgan fingerprint density at radius 1 is 1.00 bits per heavy atom. The van der Waals surface area contributed by atoms with E-state index in [0.717, 1.165) is 0 Å². The highest BCUT2D eigenvalue weighted by Crippen LogP contribution is 2.22. The number of rotatable bonds is 4. The van der Waals surface area contributed by atoms with E-state index in [1.807, 2.05) is 6.07 Å². The van der Waals surface area contributed by atoms with Gasteiger partial charge in [-0.3, -0.25) is 0 Å². The van der Waals surface area contributed by atoms with E-state index >= 15 is 0 Å². The summed E-state index contributed by atoms with van der Waals surface area (Å²) < 4.78 is 38.1. The van der Waals surface area contributed by atoms with Gasteiger partial charge in [-0.2, -0.15) is 13.1 Å². The fourth-order valence-electron chi connectivity index (χ4n) is 1.82. The Bertz CT molecular complexity index is 659. The van der Waals surface area contributed by atoms with Gasteiger partial charge in [0.1, 0.15) is 5.82 Å². The van der Waals surface area contributed by atoms with Crippen molar-refractivity contribution in [3.63, 3.8) is 0 Å². The van der Waals surface area contributed by atoms with Crippen molar-refractivity contribution in [3.8, 4) is 0 Å². The fourth-order valence-corrected chi connectivity index (χ4v) is 2.43. The van der Waals surface area contributed by atoms with Crippen molar-refractivity contribution in [1.29, 1.82) is 0 Å². The average Bonchev–Trinajstić information content (AvgIpc) is 2.36. The van der Waals surface area contributed by atoms with Crippen molar-refractivity contribution in [2.45, 2.75) is 6.04 Å². The van der Waals surface area contributed by atoms with Crippen molar-refractivity contribution in [3.05, 3.63) is 71.5 Å². The van der Waals surface area contributed by atoms with E-state index in [1.54, 1.807) is 30.3 Å². The first-order chi connectivity index (χ1) is 8.96. The van der Waals surface area contributed by atoms with Crippen LogP contribution in [0.5, 0.6) is 0 Å². The maximum Gasteiger partial charge on any atom is 0.275 e. The van der Waals surface area contributed by atoms with Gasteiger partial charge in [0, 0.05) is 0 Å². The summed E-state index contributed by atoms with van der Waals surface area (Å²) in [6.07, 6.45) is 0. The van der Waals surface area contributed by atoms with Gasteiger partial charge >= 0.3 is 0 Å². The lowest BCUT2D eigenvalue weighted by Gasteiger charge is -2.18. The molecular weight excluding hydrogens is 267 g/mol. The summed E-state index contributed by atoms with van der Waals surface area (Å²) in [4.78, 5) is 0. The molecule has 0 aliphatic heterocycles. The Morgan fingerprint density at radius 2 is 1.63 bits per heavy atom. The van der Waals surface area contributed by atoms with Crippen molar-refractivity contribution in [1.82, 2.24) is 4.72 Å². The zero-order valence-corrected chi connectivity index (χ0v) is 10.8. The molecule has 0 aliphatic rings. The molecule has 0 bridgehead atoms. The zero-order valence-electron chi connectivity index (χ0n) is 9.95. The van der Waals surface area contributed by atoms with Crippen molar-refractivity contribution < 1.29 is 12.8 Å². The second-order valence-corrected chi connectivity index (χ2v) is 5.39. The van der Waals surface area contributed by atoms with E-state index in [-0.39, 0.29) is 0 Å². The van der Waals surface area contributed by atoms with Gasteiger partial charge in [-0.25, -0.2) is 9.53 Å². The standard InChI is InChI=1S/C13H13FN2O2S/c14-12-8-4-7-11(9-12)13(16-19(15,17)18)10-5-2-1-3-6-10/h1-9,13,16H,(H2,15,17,18). The Balaban J connectivity index is 2.46. The first-order valence-electron chi connectivity index (χ1n) is 5.56. The second-order valence-electron chi connectivity index (χ2n) is 4.06. The fraction of sp³-hybridized carbons (Fsp3) is 0.0769.